The molecule has 1 aliphatic carbocycles. The van der Waals surface area contributed by atoms with E-state index in [-0.39, 0.29) is 0 Å². The monoisotopic (exact) mass is 208 g/mol. The molecule has 3 rings (SSSR count). The van der Waals surface area contributed by atoms with Crippen molar-refractivity contribution >= 4 is 0 Å². The lowest BCUT2D eigenvalue weighted by Crippen LogP contribution is -2.47. The summed E-state index contributed by atoms with van der Waals surface area (Å²) in [7, 11) is 0. The van der Waals surface area contributed by atoms with Crippen LogP contribution in [-0.4, -0.2) is 35.6 Å². The molecule has 0 spiro atoms. The maximum Gasteiger partial charge on any atom is 0.0226 e. The summed E-state index contributed by atoms with van der Waals surface area (Å²) in [6.45, 7) is 6.11. The van der Waals surface area contributed by atoms with Crippen molar-refractivity contribution in [3.8, 4) is 0 Å². The minimum atomic E-state index is 0.812. The van der Waals surface area contributed by atoms with Crippen LogP contribution in [0.1, 0.15) is 46.0 Å². The third-order valence-electron chi connectivity index (χ3n) is 5.03. The first kappa shape index (κ1) is 10.1. The van der Waals surface area contributed by atoms with Gasteiger partial charge in [0.1, 0.15) is 0 Å². The van der Waals surface area contributed by atoms with E-state index in [4.69, 9.17) is 0 Å². The van der Waals surface area contributed by atoms with Gasteiger partial charge in [-0.15, -0.1) is 0 Å². The zero-order chi connectivity index (χ0) is 10.4. The van der Waals surface area contributed by atoms with Gasteiger partial charge in [0.2, 0.25) is 0 Å². The van der Waals surface area contributed by atoms with E-state index >= 15 is 0 Å². The van der Waals surface area contributed by atoms with Gasteiger partial charge >= 0.3 is 0 Å². The van der Waals surface area contributed by atoms with Crippen molar-refractivity contribution in [1.29, 1.82) is 0 Å². The maximum atomic E-state index is 3.82. The van der Waals surface area contributed by atoms with Crippen LogP contribution in [0.5, 0.6) is 0 Å². The largest absolute Gasteiger partial charge is 0.310 e. The molecular weight excluding hydrogens is 184 g/mol. The predicted octanol–water partition coefficient (Wildman–Crippen LogP) is 2.00. The van der Waals surface area contributed by atoms with Crippen molar-refractivity contribution in [2.24, 2.45) is 5.92 Å². The van der Waals surface area contributed by atoms with E-state index < -0.39 is 0 Å². The molecular formula is C13H24N2. The highest BCUT2D eigenvalue weighted by atomic mass is 15.2. The van der Waals surface area contributed by atoms with E-state index in [0.29, 0.717) is 0 Å². The second-order valence-corrected chi connectivity index (χ2v) is 6.02. The van der Waals surface area contributed by atoms with Crippen LogP contribution in [0.4, 0.5) is 0 Å². The molecule has 2 bridgehead atoms. The fourth-order valence-corrected chi connectivity index (χ4v) is 4.01. The fourth-order valence-electron chi connectivity index (χ4n) is 4.01. The molecule has 15 heavy (non-hydrogen) atoms. The highest BCUT2D eigenvalue weighted by Crippen LogP contribution is 2.36. The zero-order valence-electron chi connectivity index (χ0n) is 10.1. The molecule has 0 amide bonds. The topological polar surface area (TPSA) is 15.3 Å². The Bertz CT molecular complexity index is 231. The van der Waals surface area contributed by atoms with Gasteiger partial charge in [-0.3, -0.25) is 4.90 Å². The molecule has 2 nitrogen and oxygen atoms in total. The summed E-state index contributed by atoms with van der Waals surface area (Å²) >= 11 is 0. The quantitative estimate of drug-likeness (QED) is 0.746. The normalized spacial score (nSPS) is 50.4. The lowest BCUT2D eigenvalue weighted by Gasteiger charge is -2.33. The van der Waals surface area contributed by atoms with E-state index in [1.54, 1.807) is 0 Å². The molecule has 5 atom stereocenters. The van der Waals surface area contributed by atoms with Crippen LogP contribution >= 0.6 is 0 Å². The van der Waals surface area contributed by atoms with Crippen LogP contribution in [0.15, 0.2) is 0 Å². The number of nitrogens with one attached hydrogen (secondary N) is 1. The average Bonchev–Trinajstić information content (AvgIpc) is 2.89. The number of fused-ring (bicyclic) bond motifs is 2. The van der Waals surface area contributed by atoms with Crippen molar-refractivity contribution in [3.63, 3.8) is 0 Å². The molecule has 86 valence electrons. The van der Waals surface area contributed by atoms with Crippen molar-refractivity contribution in [1.82, 2.24) is 10.2 Å². The standard InChI is InChI=1S/C13H24N2/c1-9-3-4-10(2)15(9)8-13-11-5-6-12(7-11)14-13/h9-14H,3-8H2,1-2H3/t9-,10-,11-,12+,13+/m1/s1. The molecule has 0 unspecified atom stereocenters. The Labute approximate surface area is 93.4 Å². The number of piperidine rings is 1. The third-order valence-corrected chi connectivity index (χ3v) is 5.03. The number of hydrogen-bond donors (Lipinski definition) is 1. The number of nitrogens with zero attached hydrogens (tertiary/aromatic N) is 1. The highest BCUT2D eigenvalue weighted by molar-refractivity contribution is 4.99. The molecule has 0 aromatic heterocycles. The molecule has 2 aliphatic heterocycles. The van der Waals surface area contributed by atoms with Crippen LogP contribution in [0.3, 0.4) is 0 Å². The van der Waals surface area contributed by atoms with Gasteiger partial charge in [-0.2, -0.15) is 0 Å². The number of likely N-dealkylation sites (tertiary alicyclic amines) is 1. The Morgan fingerprint density at radius 1 is 1.07 bits per heavy atom. The summed E-state index contributed by atoms with van der Waals surface area (Å²) in [5.41, 5.74) is 0. The molecule has 3 fully saturated rings. The molecule has 2 saturated heterocycles. The van der Waals surface area contributed by atoms with Crippen LogP contribution in [0.2, 0.25) is 0 Å². The highest BCUT2D eigenvalue weighted by Gasteiger charge is 2.41. The molecule has 2 heterocycles. The van der Waals surface area contributed by atoms with Gasteiger partial charge in [0, 0.05) is 30.7 Å². The lowest BCUT2D eigenvalue weighted by molar-refractivity contribution is 0.172. The second-order valence-electron chi connectivity index (χ2n) is 6.02. The fraction of sp³-hybridized carbons (Fsp3) is 1.00. The van der Waals surface area contributed by atoms with Gasteiger partial charge in [0.05, 0.1) is 0 Å². The Kier molecular flexibility index (Phi) is 2.52. The minimum Gasteiger partial charge on any atom is -0.310 e. The summed E-state index contributed by atoms with van der Waals surface area (Å²) in [6.07, 6.45) is 7.19. The van der Waals surface area contributed by atoms with Crippen molar-refractivity contribution in [2.45, 2.75) is 70.1 Å². The Morgan fingerprint density at radius 3 is 2.33 bits per heavy atom. The first-order chi connectivity index (χ1) is 7.24. The van der Waals surface area contributed by atoms with Crippen LogP contribution in [-0.2, 0) is 0 Å². The molecule has 3 aliphatic rings. The summed E-state index contributed by atoms with van der Waals surface area (Å²) in [6, 6.07) is 3.32. The van der Waals surface area contributed by atoms with Crippen molar-refractivity contribution in [2.75, 3.05) is 6.54 Å². The number of hydrogen-bond acceptors (Lipinski definition) is 2. The average molecular weight is 208 g/mol. The van der Waals surface area contributed by atoms with Gasteiger partial charge in [-0.05, 0) is 51.9 Å². The molecule has 1 saturated carbocycles. The molecule has 0 radical (unpaired) electrons. The summed E-state index contributed by atoms with van der Waals surface area (Å²) < 4.78 is 0. The lowest BCUT2D eigenvalue weighted by atomic mass is 9.99. The number of rotatable bonds is 2. The Morgan fingerprint density at radius 2 is 1.80 bits per heavy atom. The van der Waals surface area contributed by atoms with Crippen molar-refractivity contribution < 1.29 is 0 Å². The Balaban J connectivity index is 1.61. The van der Waals surface area contributed by atoms with Gasteiger partial charge in [0.15, 0.2) is 0 Å². The minimum absolute atomic E-state index is 0.812. The molecule has 0 aromatic rings. The SMILES string of the molecule is C[C@@H]1CC[C@@H](C)N1C[C@@H]1N[C@H]2CC[C@@H]1C2. The molecule has 1 N–H and O–H groups in total. The Hall–Kier alpha value is -0.0800. The van der Waals surface area contributed by atoms with E-state index in [9.17, 15) is 0 Å². The third kappa shape index (κ3) is 1.72. The summed E-state index contributed by atoms with van der Waals surface area (Å²) in [5, 5.41) is 3.82. The van der Waals surface area contributed by atoms with E-state index in [1.165, 1.54) is 38.6 Å². The molecule has 2 heteroatoms. The van der Waals surface area contributed by atoms with Crippen LogP contribution in [0, 0.1) is 5.92 Å². The van der Waals surface area contributed by atoms with Gasteiger partial charge in [0.25, 0.3) is 0 Å². The van der Waals surface area contributed by atoms with Gasteiger partial charge < -0.3 is 5.32 Å². The second kappa shape index (κ2) is 3.74. The van der Waals surface area contributed by atoms with E-state index in [1.807, 2.05) is 0 Å². The van der Waals surface area contributed by atoms with Gasteiger partial charge in [-0.1, -0.05) is 0 Å². The molecule has 0 aromatic carbocycles. The van der Waals surface area contributed by atoms with Crippen LogP contribution in [0.25, 0.3) is 0 Å². The maximum absolute atomic E-state index is 3.82. The zero-order valence-corrected chi connectivity index (χ0v) is 10.1. The van der Waals surface area contributed by atoms with Crippen LogP contribution < -0.4 is 5.32 Å². The summed E-state index contributed by atoms with van der Waals surface area (Å²) in [5.74, 6) is 0.995. The first-order valence-corrected chi connectivity index (χ1v) is 6.76. The van der Waals surface area contributed by atoms with Crippen molar-refractivity contribution in [3.05, 3.63) is 0 Å². The van der Waals surface area contributed by atoms with Gasteiger partial charge in [-0.25, -0.2) is 0 Å². The first-order valence-electron chi connectivity index (χ1n) is 6.76. The van der Waals surface area contributed by atoms with E-state index in [2.05, 4.69) is 24.1 Å². The smallest absolute Gasteiger partial charge is 0.0226 e. The summed E-state index contributed by atoms with van der Waals surface area (Å²) in [4.78, 5) is 2.73. The predicted molar refractivity (Wildman–Crippen MR) is 62.9 cm³/mol. The van der Waals surface area contributed by atoms with E-state index in [0.717, 1.165) is 30.1 Å².